The summed E-state index contributed by atoms with van der Waals surface area (Å²) in [4.78, 5) is 22.6. The Balaban J connectivity index is 0.00000380. The molecule has 0 bridgehead atoms. The molecule has 0 aliphatic carbocycles. The summed E-state index contributed by atoms with van der Waals surface area (Å²) < 4.78 is 33.9. The second kappa shape index (κ2) is 13.0. The molecule has 0 spiro atoms. The summed E-state index contributed by atoms with van der Waals surface area (Å²) in [5, 5.41) is 0.612. The SMILES string of the molecule is CCN(CC)CCN(C(=O)c1ccc(S(=O)(=O)N2CCCCC2)cc1)c1nc2ccc(OC)cc2s1.Cl. The number of amides is 1. The van der Waals surface area contributed by atoms with E-state index in [0.717, 1.165) is 48.3 Å². The van der Waals surface area contributed by atoms with Crippen molar-refractivity contribution in [1.82, 2.24) is 14.2 Å². The average molecular weight is 567 g/mol. The van der Waals surface area contributed by atoms with E-state index < -0.39 is 10.0 Å². The number of rotatable bonds is 10. The lowest BCUT2D eigenvalue weighted by atomic mass is 10.2. The van der Waals surface area contributed by atoms with Gasteiger partial charge in [0.25, 0.3) is 5.91 Å². The van der Waals surface area contributed by atoms with Crippen LogP contribution >= 0.6 is 23.7 Å². The predicted octanol–water partition coefficient (Wildman–Crippen LogP) is 4.89. The van der Waals surface area contributed by atoms with Gasteiger partial charge in [0.1, 0.15) is 5.75 Å². The quantitative estimate of drug-likeness (QED) is 0.347. The van der Waals surface area contributed by atoms with Crippen molar-refractivity contribution in [2.75, 3.05) is 51.3 Å². The van der Waals surface area contributed by atoms with Crippen molar-refractivity contribution in [3.8, 4) is 5.75 Å². The maximum atomic E-state index is 13.7. The van der Waals surface area contributed by atoms with Gasteiger partial charge in [0.2, 0.25) is 10.0 Å². The molecule has 2 aromatic carbocycles. The fourth-order valence-corrected chi connectivity index (χ4v) is 6.92. The number of carbonyl (C=O) groups excluding carboxylic acids is 1. The summed E-state index contributed by atoms with van der Waals surface area (Å²) in [5.41, 5.74) is 1.24. The molecule has 1 aliphatic rings. The third kappa shape index (κ3) is 6.61. The van der Waals surface area contributed by atoms with Crippen LogP contribution in [0.25, 0.3) is 10.2 Å². The van der Waals surface area contributed by atoms with E-state index in [1.54, 1.807) is 40.6 Å². The van der Waals surface area contributed by atoms with Crippen LogP contribution in [-0.4, -0.2) is 74.9 Å². The van der Waals surface area contributed by atoms with E-state index >= 15 is 0 Å². The van der Waals surface area contributed by atoms with Crippen LogP contribution in [0.3, 0.4) is 0 Å². The van der Waals surface area contributed by atoms with Crippen molar-refractivity contribution >= 4 is 55.0 Å². The van der Waals surface area contributed by atoms with E-state index in [1.165, 1.54) is 11.3 Å². The van der Waals surface area contributed by atoms with Gasteiger partial charge in [-0.3, -0.25) is 9.69 Å². The third-order valence-electron chi connectivity index (χ3n) is 6.65. The molecule has 3 aromatic rings. The number of thiazole rings is 1. The second-order valence-electron chi connectivity index (χ2n) is 8.80. The molecule has 1 saturated heterocycles. The Bertz CT molecular complexity index is 1290. The van der Waals surface area contributed by atoms with Crippen molar-refractivity contribution < 1.29 is 17.9 Å². The number of hydrogen-bond donors (Lipinski definition) is 0. The molecule has 202 valence electrons. The highest BCUT2D eigenvalue weighted by Crippen LogP contribution is 2.32. The van der Waals surface area contributed by atoms with Crippen LogP contribution in [-0.2, 0) is 10.0 Å². The van der Waals surface area contributed by atoms with Gasteiger partial charge in [-0.1, -0.05) is 31.6 Å². The highest BCUT2D eigenvalue weighted by Gasteiger charge is 2.27. The molecule has 0 radical (unpaired) electrons. The molecule has 0 N–H and O–H groups in total. The fraction of sp³-hybridized carbons (Fsp3) is 0.462. The zero-order chi connectivity index (χ0) is 25.7. The number of anilines is 1. The zero-order valence-corrected chi connectivity index (χ0v) is 24.0. The third-order valence-corrected chi connectivity index (χ3v) is 9.60. The predicted molar refractivity (Wildman–Crippen MR) is 152 cm³/mol. The molecular formula is C26H35ClN4O4S2. The number of likely N-dealkylation sites (N-methyl/N-ethyl adjacent to an activating group) is 1. The van der Waals surface area contributed by atoms with Gasteiger partial charge in [0, 0.05) is 31.7 Å². The molecule has 8 nitrogen and oxygen atoms in total. The van der Waals surface area contributed by atoms with E-state index in [1.807, 2.05) is 18.2 Å². The van der Waals surface area contributed by atoms with Crippen LogP contribution in [0.2, 0.25) is 0 Å². The van der Waals surface area contributed by atoms with E-state index in [9.17, 15) is 13.2 Å². The summed E-state index contributed by atoms with van der Waals surface area (Å²) in [6.45, 7) is 8.25. The van der Waals surface area contributed by atoms with Gasteiger partial charge >= 0.3 is 0 Å². The Morgan fingerprint density at radius 3 is 2.32 bits per heavy atom. The van der Waals surface area contributed by atoms with Crippen molar-refractivity contribution in [1.29, 1.82) is 0 Å². The minimum Gasteiger partial charge on any atom is -0.497 e. The van der Waals surface area contributed by atoms with E-state index in [2.05, 4.69) is 18.7 Å². The molecule has 2 heterocycles. The van der Waals surface area contributed by atoms with Crippen molar-refractivity contribution in [2.45, 2.75) is 38.0 Å². The molecule has 37 heavy (non-hydrogen) atoms. The maximum Gasteiger partial charge on any atom is 0.260 e. The molecule has 0 atom stereocenters. The van der Waals surface area contributed by atoms with E-state index in [4.69, 9.17) is 9.72 Å². The Kier molecular flexibility index (Phi) is 10.3. The lowest BCUT2D eigenvalue weighted by molar-refractivity contribution is 0.0983. The number of fused-ring (bicyclic) bond motifs is 1. The number of methoxy groups -OCH3 is 1. The summed E-state index contributed by atoms with van der Waals surface area (Å²) in [6, 6.07) is 12.0. The van der Waals surface area contributed by atoms with Gasteiger partial charge in [0.15, 0.2) is 5.13 Å². The van der Waals surface area contributed by atoms with Crippen LogP contribution in [0.4, 0.5) is 5.13 Å². The Hall–Kier alpha value is -2.24. The Morgan fingerprint density at radius 2 is 1.70 bits per heavy atom. The minimum atomic E-state index is -3.55. The van der Waals surface area contributed by atoms with Gasteiger partial charge in [-0.25, -0.2) is 13.4 Å². The molecular weight excluding hydrogens is 532 g/mol. The molecule has 1 aliphatic heterocycles. The number of benzene rings is 2. The summed E-state index contributed by atoms with van der Waals surface area (Å²) in [7, 11) is -1.93. The van der Waals surface area contributed by atoms with Crippen molar-refractivity contribution in [3.05, 3.63) is 48.0 Å². The molecule has 0 saturated carbocycles. The number of piperidine rings is 1. The summed E-state index contributed by atoms with van der Waals surface area (Å²) in [6.07, 6.45) is 2.82. The van der Waals surface area contributed by atoms with Crippen molar-refractivity contribution in [2.24, 2.45) is 0 Å². The van der Waals surface area contributed by atoms with E-state index in [-0.39, 0.29) is 23.2 Å². The van der Waals surface area contributed by atoms with Crippen LogP contribution in [0, 0.1) is 0 Å². The number of ether oxygens (including phenoxy) is 1. The van der Waals surface area contributed by atoms with Gasteiger partial charge in [-0.15, -0.1) is 12.4 Å². The first-order valence-corrected chi connectivity index (χ1v) is 14.7. The Morgan fingerprint density at radius 1 is 1.03 bits per heavy atom. The fourth-order valence-electron chi connectivity index (χ4n) is 4.38. The average Bonchev–Trinajstić information content (AvgIpc) is 3.34. The first kappa shape index (κ1) is 29.3. The maximum absolute atomic E-state index is 13.7. The number of carbonyl (C=O) groups is 1. The van der Waals surface area contributed by atoms with Crippen LogP contribution in [0.15, 0.2) is 47.4 Å². The monoisotopic (exact) mass is 566 g/mol. The van der Waals surface area contributed by atoms with Gasteiger partial charge in [0.05, 0.1) is 22.2 Å². The number of aromatic nitrogens is 1. The standard InChI is InChI=1S/C26H34N4O4S2.ClH/c1-4-28(5-2)17-18-30(26-27-23-14-11-21(34-3)19-24(23)35-26)25(31)20-9-12-22(13-10-20)36(32,33)29-15-7-6-8-16-29;/h9-14,19H,4-8,15-18H2,1-3H3;1H. The molecule has 4 rings (SSSR count). The molecule has 1 aromatic heterocycles. The number of hydrogen-bond acceptors (Lipinski definition) is 7. The highest BCUT2D eigenvalue weighted by atomic mass is 35.5. The Labute approximate surface area is 229 Å². The normalized spacial score (nSPS) is 14.5. The topological polar surface area (TPSA) is 83.1 Å². The van der Waals surface area contributed by atoms with Gasteiger partial charge < -0.3 is 9.64 Å². The van der Waals surface area contributed by atoms with Gasteiger partial charge in [-0.05, 0) is 68.4 Å². The first-order valence-electron chi connectivity index (χ1n) is 12.5. The number of halogens is 1. The van der Waals surface area contributed by atoms with Crippen LogP contribution in [0.5, 0.6) is 5.75 Å². The van der Waals surface area contributed by atoms with Crippen molar-refractivity contribution in [3.63, 3.8) is 0 Å². The summed E-state index contributed by atoms with van der Waals surface area (Å²) >= 11 is 1.44. The lowest BCUT2D eigenvalue weighted by Gasteiger charge is -2.26. The number of sulfonamides is 1. The lowest BCUT2D eigenvalue weighted by Crippen LogP contribution is -2.39. The highest BCUT2D eigenvalue weighted by molar-refractivity contribution is 7.89. The minimum absolute atomic E-state index is 0. The molecule has 1 fully saturated rings. The molecule has 11 heteroatoms. The largest absolute Gasteiger partial charge is 0.497 e. The van der Waals surface area contributed by atoms with E-state index in [0.29, 0.717) is 36.9 Å². The zero-order valence-electron chi connectivity index (χ0n) is 21.6. The number of nitrogens with zero attached hydrogens (tertiary/aromatic N) is 4. The van der Waals surface area contributed by atoms with Gasteiger partial charge in [-0.2, -0.15) is 4.31 Å². The van der Waals surface area contributed by atoms with Crippen LogP contribution < -0.4 is 9.64 Å². The smallest absolute Gasteiger partial charge is 0.260 e. The first-order chi connectivity index (χ1) is 17.4. The molecule has 0 unspecified atom stereocenters. The summed E-state index contributed by atoms with van der Waals surface area (Å²) in [5.74, 6) is 0.541. The second-order valence-corrected chi connectivity index (χ2v) is 11.7. The van der Waals surface area contributed by atoms with Crippen LogP contribution in [0.1, 0.15) is 43.5 Å². The molecule has 1 amide bonds.